The molecular weight excluding hydrogens is 336 g/mol. The molecule has 5 heteroatoms. The minimum absolute atomic E-state index is 0. The Labute approximate surface area is 158 Å². The maximum atomic E-state index is 13.2. The molecule has 0 spiro atoms. The number of hydrogen-bond donors (Lipinski definition) is 2. The molecule has 0 saturated carbocycles. The lowest BCUT2D eigenvalue weighted by molar-refractivity contribution is -0.137. The molecule has 25 heavy (non-hydrogen) atoms. The number of piperidine rings is 1. The van der Waals surface area contributed by atoms with E-state index < -0.39 is 5.41 Å². The molecule has 0 aliphatic carbocycles. The number of hydrogen-bond acceptors (Lipinski definition) is 3. The average Bonchev–Trinajstić information content (AvgIpc) is 2.55. The van der Waals surface area contributed by atoms with Crippen LogP contribution in [-0.4, -0.2) is 32.7 Å². The van der Waals surface area contributed by atoms with Crippen molar-refractivity contribution in [3.8, 4) is 0 Å². The van der Waals surface area contributed by atoms with Crippen LogP contribution in [0, 0.1) is 18.3 Å². The SMILES string of the molecule is COCC1(C(=O)NC(CC(C)C)c2ccccc2C)CCNCC1.Cl. The number of benzene rings is 1. The summed E-state index contributed by atoms with van der Waals surface area (Å²) in [6.07, 6.45) is 2.60. The molecule has 1 fully saturated rings. The Morgan fingerprint density at radius 3 is 2.48 bits per heavy atom. The Bertz CT molecular complexity index is 537. The highest BCUT2D eigenvalue weighted by molar-refractivity contribution is 5.85. The number of methoxy groups -OCH3 is 1. The molecule has 4 nitrogen and oxygen atoms in total. The zero-order valence-corrected chi connectivity index (χ0v) is 16.7. The fourth-order valence-corrected chi connectivity index (χ4v) is 3.64. The first-order chi connectivity index (χ1) is 11.5. The summed E-state index contributed by atoms with van der Waals surface area (Å²) in [5.41, 5.74) is 2.05. The first kappa shape index (κ1) is 21.9. The molecule has 0 radical (unpaired) electrons. The lowest BCUT2D eigenvalue weighted by atomic mass is 9.78. The van der Waals surface area contributed by atoms with Crippen LogP contribution in [0.5, 0.6) is 0 Å². The van der Waals surface area contributed by atoms with E-state index in [1.165, 1.54) is 11.1 Å². The molecule has 1 amide bonds. The number of carbonyl (C=O) groups excluding carboxylic acids is 1. The van der Waals surface area contributed by atoms with E-state index in [2.05, 4.69) is 49.6 Å². The summed E-state index contributed by atoms with van der Waals surface area (Å²) in [6.45, 7) is 8.75. The zero-order chi connectivity index (χ0) is 17.6. The third kappa shape index (κ3) is 5.70. The second-order valence-electron chi connectivity index (χ2n) is 7.48. The summed E-state index contributed by atoms with van der Waals surface area (Å²) in [5, 5.41) is 6.70. The van der Waals surface area contributed by atoms with Crippen LogP contribution in [0.25, 0.3) is 0 Å². The van der Waals surface area contributed by atoms with Crippen LogP contribution in [0.2, 0.25) is 0 Å². The number of halogens is 1. The maximum Gasteiger partial charge on any atom is 0.229 e. The van der Waals surface area contributed by atoms with E-state index in [9.17, 15) is 4.79 Å². The van der Waals surface area contributed by atoms with E-state index in [0.29, 0.717) is 12.5 Å². The summed E-state index contributed by atoms with van der Waals surface area (Å²) in [6, 6.07) is 8.41. The molecule has 1 atom stereocenters. The van der Waals surface area contributed by atoms with Crippen molar-refractivity contribution in [2.45, 2.75) is 46.1 Å². The molecule has 1 unspecified atom stereocenters. The quantitative estimate of drug-likeness (QED) is 0.772. The molecule has 0 bridgehead atoms. The standard InChI is InChI=1S/C20H32N2O2.ClH/c1-15(2)13-18(17-8-6-5-7-16(17)3)22-19(23)20(14-24-4)9-11-21-12-10-20;/h5-8,15,18,21H,9-14H2,1-4H3,(H,22,23);1H. The summed E-state index contributed by atoms with van der Waals surface area (Å²) >= 11 is 0. The average molecular weight is 369 g/mol. The number of carbonyl (C=O) groups is 1. The second-order valence-corrected chi connectivity index (χ2v) is 7.48. The van der Waals surface area contributed by atoms with Gasteiger partial charge in [0, 0.05) is 7.11 Å². The molecule has 1 heterocycles. The van der Waals surface area contributed by atoms with Gasteiger partial charge >= 0.3 is 0 Å². The van der Waals surface area contributed by atoms with Gasteiger partial charge in [0.25, 0.3) is 0 Å². The van der Waals surface area contributed by atoms with Crippen molar-refractivity contribution in [3.63, 3.8) is 0 Å². The zero-order valence-electron chi connectivity index (χ0n) is 15.9. The fourth-order valence-electron chi connectivity index (χ4n) is 3.64. The number of amides is 1. The van der Waals surface area contributed by atoms with Gasteiger partial charge in [-0.3, -0.25) is 4.79 Å². The fraction of sp³-hybridized carbons (Fsp3) is 0.650. The first-order valence-electron chi connectivity index (χ1n) is 9.04. The van der Waals surface area contributed by atoms with Crippen molar-refractivity contribution in [2.75, 3.05) is 26.8 Å². The van der Waals surface area contributed by atoms with Crippen molar-refractivity contribution in [1.82, 2.24) is 10.6 Å². The Morgan fingerprint density at radius 1 is 1.28 bits per heavy atom. The molecule has 1 aromatic carbocycles. The van der Waals surface area contributed by atoms with Crippen molar-refractivity contribution < 1.29 is 9.53 Å². The van der Waals surface area contributed by atoms with E-state index in [1.54, 1.807) is 7.11 Å². The van der Waals surface area contributed by atoms with Crippen molar-refractivity contribution in [2.24, 2.45) is 11.3 Å². The lowest BCUT2D eigenvalue weighted by Crippen LogP contribution is -2.51. The highest BCUT2D eigenvalue weighted by Crippen LogP contribution is 2.32. The van der Waals surface area contributed by atoms with E-state index >= 15 is 0 Å². The monoisotopic (exact) mass is 368 g/mol. The highest BCUT2D eigenvalue weighted by atomic mass is 35.5. The predicted octanol–water partition coefficient (Wildman–Crippen LogP) is 3.64. The van der Waals surface area contributed by atoms with Gasteiger partial charge in [-0.25, -0.2) is 0 Å². The Morgan fingerprint density at radius 2 is 1.92 bits per heavy atom. The van der Waals surface area contributed by atoms with Gasteiger partial charge in [0.2, 0.25) is 5.91 Å². The van der Waals surface area contributed by atoms with E-state index in [0.717, 1.165) is 32.4 Å². The summed E-state index contributed by atoms with van der Waals surface area (Å²) in [7, 11) is 1.68. The van der Waals surface area contributed by atoms with Crippen LogP contribution in [0.15, 0.2) is 24.3 Å². The molecule has 2 rings (SSSR count). The molecule has 2 N–H and O–H groups in total. The van der Waals surface area contributed by atoms with E-state index in [-0.39, 0.29) is 24.4 Å². The Balaban J connectivity index is 0.00000312. The third-order valence-corrected chi connectivity index (χ3v) is 5.04. The van der Waals surface area contributed by atoms with Crippen LogP contribution in [0.1, 0.15) is 50.3 Å². The maximum absolute atomic E-state index is 13.2. The number of ether oxygens (including phenoxy) is 1. The van der Waals surface area contributed by atoms with Gasteiger partial charge in [-0.15, -0.1) is 12.4 Å². The van der Waals surface area contributed by atoms with Crippen LogP contribution in [-0.2, 0) is 9.53 Å². The minimum atomic E-state index is -0.405. The number of rotatable bonds is 7. The number of nitrogens with one attached hydrogen (secondary N) is 2. The van der Waals surface area contributed by atoms with E-state index in [1.807, 2.05) is 6.07 Å². The van der Waals surface area contributed by atoms with Gasteiger partial charge in [-0.2, -0.15) is 0 Å². The summed E-state index contributed by atoms with van der Waals surface area (Å²) in [4.78, 5) is 13.2. The van der Waals surface area contributed by atoms with Crippen LogP contribution >= 0.6 is 12.4 Å². The smallest absolute Gasteiger partial charge is 0.229 e. The molecular formula is C20H33ClN2O2. The molecule has 1 saturated heterocycles. The van der Waals surface area contributed by atoms with Crippen LogP contribution in [0.4, 0.5) is 0 Å². The Hall–Kier alpha value is -1.10. The van der Waals surface area contributed by atoms with Gasteiger partial charge in [0.1, 0.15) is 0 Å². The normalized spacial score (nSPS) is 17.6. The van der Waals surface area contributed by atoms with Crippen LogP contribution in [0.3, 0.4) is 0 Å². The van der Waals surface area contributed by atoms with Crippen molar-refractivity contribution in [3.05, 3.63) is 35.4 Å². The highest BCUT2D eigenvalue weighted by Gasteiger charge is 2.40. The van der Waals surface area contributed by atoms with Gasteiger partial charge in [0.05, 0.1) is 18.1 Å². The molecule has 1 aliphatic heterocycles. The van der Waals surface area contributed by atoms with Crippen molar-refractivity contribution >= 4 is 18.3 Å². The third-order valence-electron chi connectivity index (χ3n) is 5.04. The van der Waals surface area contributed by atoms with Gasteiger partial charge in [-0.05, 0) is 56.3 Å². The second kappa shape index (κ2) is 10.1. The van der Waals surface area contributed by atoms with Gasteiger partial charge < -0.3 is 15.4 Å². The van der Waals surface area contributed by atoms with Crippen LogP contribution < -0.4 is 10.6 Å². The number of aryl methyl sites for hydroxylation is 1. The lowest BCUT2D eigenvalue weighted by Gasteiger charge is -2.37. The molecule has 0 aromatic heterocycles. The van der Waals surface area contributed by atoms with Crippen molar-refractivity contribution in [1.29, 1.82) is 0 Å². The van der Waals surface area contributed by atoms with E-state index in [4.69, 9.17) is 4.74 Å². The van der Waals surface area contributed by atoms with Gasteiger partial charge in [0.15, 0.2) is 0 Å². The molecule has 1 aromatic rings. The van der Waals surface area contributed by atoms with Gasteiger partial charge in [-0.1, -0.05) is 38.1 Å². The largest absolute Gasteiger partial charge is 0.384 e. The summed E-state index contributed by atoms with van der Waals surface area (Å²) < 4.78 is 5.41. The topological polar surface area (TPSA) is 50.4 Å². The Kier molecular flexibility index (Phi) is 8.91. The molecule has 142 valence electrons. The summed E-state index contributed by atoms with van der Waals surface area (Å²) in [5.74, 6) is 0.654. The minimum Gasteiger partial charge on any atom is -0.384 e. The predicted molar refractivity (Wildman–Crippen MR) is 105 cm³/mol. The molecule has 1 aliphatic rings. The first-order valence-corrected chi connectivity index (χ1v) is 9.04.